The van der Waals surface area contributed by atoms with Crippen LogP contribution in [-0.4, -0.2) is 38.4 Å². The van der Waals surface area contributed by atoms with E-state index in [0.29, 0.717) is 24.2 Å². The van der Waals surface area contributed by atoms with Crippen molar-refractivity contribution in [1.82, 2.24) is 25.3 Å². The fourth-order valence-corrected chi connectivity index (χ4v) is 3.54. The Kier molecular flexibility index (Phi) is 5.27. The van der Waals surface area contributed by atoms with E-state index in [0.717, 1.165) is 49.2 Å². The van der Waals surface area contributed by atoms with E-state index in [1.165, 1.54) is 12.1 Å². The average Bonchev–Trinajstić information content (AvgIpc) is 3.24. The zero-order valence-corrected chi connectivity index (χ0v) is 16.1. The molecule has 1 atom stereocenters. The summed E-state index contributed by atoms with van der Waals surface area (Å²) in [5, 5.41) is 12.8. The van der Waals surface area contributed by atoms with Gasteiger partial charge in [0.05, 0.1) is 17.3 Å². The maximum Gasteiger partial charge on any atom is 0.245 e. The molecule has 3 heterocycles. The molecule has 0 aliphatic carbocycles. The quantitative estimate of drug-likeness (QED) is 0.667. The lowest BCUT2D eigenvalue weighted by Crippen LogP contribution is -2.36. The van der Waals surface area contributed by atoms with Crippen molar-refractivity contribution < 1.29 is 8.91 Å². The monoisotopic (exact) mass is 382 g/mol. The van der Waals surface area contributed by atoms with Gasteiger partial charge >= 0.3 is 0 Å². The van der Waals surface area contributed by atoms with Crippen LogP contribution in [0.5, 0.6) is 0 Å². The van der Waals surface area contributed by atoms with Crippen molar-refractivity contribution in [3.05, 3.63) is 47.4 Å². The number of anilines is 1. The van der Waals surface area contributed by atoms with E-state index in [1.54, 1.807) is 12.1 Å². The Morgan fingerprint density at radius 1 is 1.07 bits per heavy atom. The molecule has 4 rings (SSSR count). The SMILES string of the molecule is CCc1nnc(N2CCCC(c3nc(-c4ccc(F)cc4)no3)C2)nc1CC. The summed E-state index contributed by atoms with van der Waals surface area (Å²) in [5.74, 6) is 1.56. The standard InChI is InChI=1S/C20H23FN6O/c1-3-16-17(4-2)24-25-20(22-16)27-11-5-6-14(12-27)19-23-18(26-28-19)13-7-9-15(21)10-8-13/h7-10,14H,3-6,11-12H2,1-2H3. The van der Waals surface area contributed by atoms with Crippen LogP contribution in [0.2, 0.25) is 0 Å². The molecule has 3 aromatic rings. The summed E-state index contributed by atoms with van der Waals surface area (Å²) in [6.07, 6.45) is 3.62. The van der Waals surface area contributed by atoms with E-state index in [2.05, 4.69) is 39.1 Å². The molecule has 7 nitrogen and oxygen atoms in total. The summed E-state index contributed by atoms with van der Waals surface area (Å²) < 4.78 is 18.6. The van der Waals surface area contributed by atoms with Crippen molar-refractivity contribution in [2.75, 3.05) is 18.0 Å². The number of hydrogen-bond acceptors (Lipinski definition) is 7. The molecule has 0 N–H and O–H groups in total. The van der Waals surface area contributed by atoms with Gasteiger partial charge in [0.25, 0.3) is 0 Å². The number of aromatic nitrogens is 5. The number of nitrogens with zero attached hydrogens (tertiary/aromatic N) is 6. The Morgan fingerprint density at radius 2 is 1.86 bits per heavy atom. The van der Waals surface area contributed by atoms with Gasteiger partial charge in [0, 0.05) is 18.7 Å². The molecule has 0 amide bonds. The first kappa shape index (κ1) is 18.5. The van der Waals surface area contributed by atoms with E-state index in [9.17, 15) is 4.39 Å². The third kappa shape index (κ3) is 3.72. The molecule has 1 aliphatic rings. The summed E-state index contributed by atoms with van der Waals surface area (Å²) in [4.78, 5) is 11.4. The van der Waals surface area contributed by atoms with Crippen LogP contribution < -0.4 is 4.90 Å². The second-order valence-corrected chi connectivity index (χ2v) is 6.96. The highest BCUT2D eigenvalue weighted by Crippen LogP contribution is 2.29. The van der Waals surface area contributed by atoms with E-state index < -0.39 is 0 Å². The average molecular weight is 382 g/mol. The summed E-state index contributed by atoms with van der Waals surface area (Å²) in [7, 11) is 0. The fraction of sp³-hybridized carbons (Fsp3) is 0.450. The second kappa shape index (κ2) is 8.00. The summed E-state index contributed by atoms with van der Waals surface area (Å²) in [6.45, 7) is 5.74. The van der Waals surface area contributed by atoms with Gasteiger partial charge < -0.3 is 9.42 Å². The minimum Gasteiger partial charge on any atom is -0.339 e. The summed E-state index contributed by atoms with van der Waals surface area (Å²) >= 11 is 0. The van der Waals surface area contributed by atoms with Gasteiger partial charge in [0.15, 0.2) is 0 Å². The van der Waals surface area contributed by atoms with E-state index in [4.69, 9.17) is 9.51 Å². The van der Waals surface area contributed by atoms with Crippen molar-refractivity contribution in [3.8, 4) is 11.4 Å². The van der Waals surface area contributed by atoms with Gasteiger partial charge in [-0.15, -0.1) is 5.10 Å². The maximum atomic E-state index is 13.1. The third-order valence-electron chi connectivity index (χ3n) is 5.10. The van der Waals surface area contributed by atoms with E-state index >= 15 is 0 Å². The van der Waals surface area contributed by atoms with Gasteiger partial charge in [-0.2, -0.15) is 10.1 Å². The molecule has 1 aliphatic heterocycles. The predicted octanol–water partition coefficient (Wildman–Crippen LogP) is 3.57. The van der Waals surface area contributed by atoms with Crippen LogP contribution in [0.25, 0.3) is 11.4 Å². The molecule has 1 unspecified atom stereocenters. The molecule has 2 aromatic heterocycles. The van der Waals surface area contributed by atoms with Gasteiger partial charge in [-0.1, -0.05) is 19.0 Å². The molecule has 8 heteroatoms. The number of halogens is 1. The molecule has 146 valence electrons. The van der Waals surface area contributed by atoms with Gasteiger partial charge in [0.2, 0.25) is 17.7 Å². The van der Waals surface area contributed by atoms with Crippen LogP contribution in [-0.2, 0) is 12.8 Å². The first-order chi connectivity index (χ1) is 13.7. The smallest absolute Gasteiger partial charge is 0.245 e. The molecular formula is C20H23FN6O. The Labute approximate surface area is 163 Å². The Balaban J connectivity index is 1.52. The first-order valence-electron chi connectivity index (χ1n) is 9.74. The molecule has 1 fully saturated rings. The molecule has 1 aromatic carbocycles. The van der Waals surface area contributed by atoms with Crippen molar-refractivity contribution in [2.45, 2.75) is 45.4 Å². The van der Waals surface area contributed by atoms with Gasteiger partial charge in [-0.25, -0.2) is 9.37 Å². The van der Waals surface area contributed by atoms with Crippen molar-refractivity contribution in [2.24, 2.45) is 0 Å². The lowest BCUT2D eigenvalue weighted by atomic mass is 9.98. The van der Waals surface area contributed by atoms with E-state index in [1.807, 2.05) is 0 Å². The van der Waals surface area contributed by atoms with Crippen LogP contribution in [0.15, 0.2) is 28.8 Å². The molecule has 0 bridgehead atoms. The lowest BCUT2D eigenvalue weighted by molar-refractivity contribution is 0.332. The zero-order valence-electron chi connectivity index (χ0n) is 16.1. The van der Waals surface area contributed by atoms with Crippen LogP contribution in [0, 0.1) is 5.82 Å². The van der Waals surface area contributed by atoms with Crippen LogP contribution in [0.4, 0.5) is 10.3 Å². The molecular weight excluding hydrogens is 359 g/mol. The molecule has 0 radical (unpaired) electrons. The van der Waals surface area contributed by atoms with E-state index in [-0.39, 0.29) is 11.7 Å². The van der Waals surface area contributed by atoms with Crippen molar-refractivity contribution in [3.63, 3.8) is 0 Å². The van der Waals surface area contributed by atoms with Gasteiger partial charge in [-0.3, -0.25) is 0 Å². The first-order valence-corrected chi connectivity index (χ1v) is 9.74. The van der Waals surface area contributed by atoms with Crippen LogP contribution in [0.1, 0.15) is 49.9 Å². The predicted molar refractivity (Wildman–Crippen MR) is 102 cm³/mol. The normalized spacial score (nSPS) is 17.1. The highest BCUT2D eigenvalue weighted by Gasteiger charge is 2.28. The largest absolute Gasteiger partial charge is 0.339 e. The Hall–Kier alpha value is -2.90. The fourth-order valence-electron chi connectivity index (χ4n) is 3.54. The zero-order chi connectivity index (χ0) is 19.5. The Morgan fingerprint density at radius 3 is 2.61 bits per heavy atom. The summed E-state index contributed by atoms with van der Waals surface area (Å²) in [5.41, 5.74) is 2.70. The molecule has 0 saturated carbocycles. The van der Waals surface area contributed by atoms with Crippen molar-refractivity contribution >= 4 is 5.95 Å². The van der Waals surface area contributed by atoms with Crippen LogP contribution >= 0.6 is 0 Å². The number of benzene rings is 1. The highest BCUT2D eigenvalue weighted by atomic mass is 19.1. The lowest BCUT2D eigenvalue weighted by Gasteiger charge is -2.30. The number of aryl methyl sites for hydroxylation is 2. The Bertz CT molecular complexity index is 942. The number of hydrogen-bond donors (Lipinski definition) is 0. The van der Waals surface area contributed by atoms with Crippen molar-refractivity contribution in [1.29, 1.82) is 0 Å². The van der Waals surface area contributed by atoms with Gasteiger partial charge in [-0.05, 0) is 49.9 Å². The molecule has 1 saturated heterocycles. The number of piperidine rings is 1. The topological polar surface area (TPSA) is 80.8 Å². The van der Waals surface area contributed by atoms with Crippen LogP contribution in [0.3, 0.4) is 0 Å². The minimum absolute atomic E-state index is 0.106. The summed E-state index contributed by atoms with van der Waals surface area (Å²) in [6, 6.07) is 6.09. The molecule has 0 spiro atoms. The molecule has 28 heavy (non-hydrogen) atoms. The minimum atomic E-state index is -0.287. The van der Waals surface area contributed by atoms with Gasteiger partial charge in [0.1, 0.15) is 5.82 Å². The highest BCUT2D eigenvalue weighted by molar-refractivity contribution is 5.53. The number of rotatable bonds is 5. The third-order valence-corrected chi connectivity index (χ3v) is 5.10. The maximum absolute atomic E-state index is 13.1. The second-order valence-electron chi connectivity index (χ2n) is 6.96.